The zero-order valence-electron chi connectivity index (χ0n) is 11.1. The van der Waals surface area contributed by atoms with Crippen molar-refractivity contribution in [2.75, 3.05) is 31.1 Å². The van der Waals surface area contributed by atoms with Gasteiger partial charge in [0.1, 0.15) is 0 Å². The van der Waals surface area contributed by atoms with Crippen molar-refractivity contribution in [1.29, 1.82) is 0 Å². The van der Waals surface area contributed by atoms with E-state index in [1.807, 2.05) is 6.07 Å². The lowest BCUT2D eigenvalue weighted by molar-refractivity contribution is 0.273. The van der Waals surface area contributed by atoms with Crippen LogP contribution in [0.3, 0.4) is 0 Å². The SMILES string of the molecule is ClCc1ccc(Cl)cc1N1CCCN2CCCC2C1. The van der Waals surface area contributed by atoms with E-state index in [2.05, 4.69) is 21.9 Å². The summed E-state index contributed by atoms with van der Waals surface area (Å²) in [5.41, 5.74) is 2.42. The molecule has 1 aromatic carbocycles. The smallest absolute Gasteiger partial charge is 0.0494 e. The zero-order chi connectivity index (χ0) is 13.2. The maximum absolute atomic E-state index is 6.16. The van der Waals surface area contributed by atoms with Crippen molar-refractivity contribution >= 4 is 28.9 Å². The average molecular weight is 299 g/mol. The molecule has 2 heterocycles. The molecule has 1 aromatic rings. The Hall–Kier alpha value is -0.440. The molecule has 4 heteroatoms. The molecule has 0 bridgehead atoms. The van der Waals surface area contributed by atoms with Gasteiger partial charge in [0.05, 0.1) is 0 Å². The lowest BCUT2D eigenvalue weighted by Crippen LogP contribution is -2.36. The Labute approximate surface area is 125 Å². The lowest BCUT2D eigenvalue weighted by Gasteiger charge is -2.29. The van der Waals surface area contributed by atoms with E-state index in [4.69, 9.17) is 23.2 Å². The third-order valence-electron chi connectivity index (χ3n) is 4.34. The van der Waals surface area contributed by atoms with Gasteiger partial charge in [-0.15, -0.1) is 11.6 Å². The summed E-state index contributed by atoms with van der Waals surface area (Å²) in [6.07, 6.45) is 3.90. The predicted octanol–water partition coefficient (Wildman–Crippen LogP) is 3.75. The summed E-state index contributed by atoms with van der Waals surface area (Å²) < 4.78 is 0. The minimum Gasteiger partial charge on any atom is -0.370 e. The minimum atomic E-state index is 0.553. The van der Waals surface area contributed by atoms with Crippen molar-refractivity contribution in [1.82, 2.24) is 4.90 Å². The maximum atomic E-state index is 6.16. The number of fused-ring (bicyclic) bond motifs is 1. The molecule has 2 aliphatic heterocycles. The van der Waals surface area contributed by atoms with Gasteiger partial charge < -0.3 is 4.90 Å². The summed E-state index contributed by atoms with van der Waals surface area (Å²) in [5, 5.41) is 0.802. The van der Waals surface area contributed by atoms with Crippen LogP contribution in [0.4, 0.5) is 5.69 Å². The van der Waals surface area contributed by atoms with Crippen LogP contribution in [0.1, 0.15) is 24.8 Å². The molecule has 1 atom stereocenters. The Morgan fingerprint density at radius 1 is 1.16 bits per heavy atom. The second-order valence-electron chi connectivity index (χ2n) is 5.54. The van der Waals surface area contributed by atoms with E-state index < -0.39 is 0 Å². The Kier molecular flexibility index (Phi) is 4.21. The van der Waals surface area contributed by atoms with Crippen molar-refractivity contribution in [2.45, 2.75) is 31.2 Å². The van der Waals surface area contributed by atoms with Crippen LogP contribution < -0.4 is 4.90 Å². The Morgan fingerprint density at radius 3 is 2.84 bits per heavy atom. The Bertz CT molecular complexity index is 450. The standard InChI is InChI=1S/C15H20Cl2N2/c16-10-12-4-5-13(17)9-15(12)19-8-2-7-18-6-1-3-14(18)11-19/h4-5,9,14H,1-3,6-8,10-11H2. The molecule has 0 amide bonds. The third kappa shape index (κ3) is 2.86. The number of rotatable bonds is 2. The first kappa shape index (κ1) is 13.5. The fourth-order valence-electron chi connectivity index (χ4n) is 3.37. The predicted molar refractivity (Wildman–Crippen MR) is 82.4 cm³/mol. The molecule has 0 radical (unpaired) electrons. The van der Waals surface area contributed by atoms with Crippen LogP contribution in [-0.2, 0) is 5.88 Å². The molecule has 104 valence electrons. The molecule has 0 saturated carbocycles. The topological polar surface area (TPSA) is 6.48 Å². The molecule has 0 spiro atoms. The van der Waals surface area contributed by atoms with E-state index in [-0.39, 0.29) is 0 Å². The van der Waals surface area contributed by atoms with Gasteiger partial charge in [0.2, 0.25) is 0 Å². The number of benzene rings is 1. The Morgan fingerprint density at radius 2 is 2.00 bits per heavy atom. The number of nitrogens with zero attached hydrogens (tertiary/aromatic N) is 2. The molecule has 1 unspecified atom stereocenters. The van der Waals surface area contributed by atoms with Crippen LogP contribution in [0.15, 0.2) is 18.2 Å². The number of hydrogen-bond acceptors (Lipinski definition) is 2. The molecule has 0 aromatic heterocycles. The fourth-order valence-corrected chi connectivity index (χ4v) is 3.76. The quantitative estimate of drug-likeness (QED) is 0.767. The van der Waals surface area contributed by atoms with Crippen LogP contribution >= 0.6 is 23.2 Å². The van der Waals surface area contributed by atoms with E-state index in [0.717, 1.165) is 18.1 Å². The normalized spacial score (nSPS) is 24.3. The van der Waals surface area contributed by atoms with Crippen LogP contribution in [0.2, 0.25) is 5.02 Å². The summed E-state index contributed by atoms with van der Waals surface area (Å²) in [5.74, 6) is 0.553. The number of hydrogen-bond donors (Lipinski definition) is 0. The minimum absolute atomic E-state index is 0.553. The molecule has 2 aliphatic rings. The summed E-state index contributed by atoms with van der Waals surface area (Å²) >= 11 is 12.2. The molecular formula is C15H20Cl2N2. The van der Waals surface area contributed by atoms with Crippen molar-refractivity contribution in [3.8, 4) is 0 Å². The summed E-state index contributed by atoms with van der Waals surface area (Å²) in [7, 11) is 0. The van der Waals surface area contributed by atoms with Gasteiger partial charge in [-0.3, -0.25) is 4.90 Å². The number of alkyl halides is 1. The molecule has 0 aliphatic carbocycles. The lowest BCUT2D eigenvalue weighted by atomic mass is 10.1. The highest BCUT2D eigenvalue weighted by Gasteiger charge is 2.29. The van der Waals surface area contributed by atoms with E-state index in [0.29, 0.717) is 11.9 Å². The summed E-state index contributed by atoms with van der Waals surface area (Å²) in [6, 6.07) is 6.78. The first-order valence-electron chi connectivity index (χ1n) is 7.11. The van der Waals surface area contributed by atoms with Crippen molar-refractivity contribution in [2.24, 2.45) is 0 Å². The van der Waals surface area contributed by atoms with Crippen LogP contribution in [0.25, 0.3) is 0 Å². The van der Waals surface area contributed by atoms with E-state index in [1.165, 1.54) is 43.6 Å². The summed E-state index contributed by atoms with van der Waals surface area (Å²) in [6.45, 7) is 4.73. The van der Waals surface area contributed by atoms with Crippen LogP contribution in [-0.4, -0.2) is 37.1 Å². The number of anilines is 1. The first-order valence-corrected chi connectivity index (χ1v) is 8.02. The van der Waals surface area contributed by atoms with E-state index >= 15 is 0 Å². The second kappa shape index (κ2) is 5.90. The highest BCUT2D eigenvalue weighted by atomic mass is 35.5. The highest BCUT2D eigenvalue weighted by molar-refractivity contribution is 6.31. The van der Waals surface area contributed by atoms with Crippen LogP contribution in [0.5, 0.6) is 0 Å². The van der Waals surface area contributed by atoms with E-state index in [9.17, 15) is 0 Å². The monoisotopic (exact) mass is 298 g/mol. The van der Waals surface area contributed by atoms with Gasteiger partial charge in [-0.05, 0) is 43.5 Å². The largest absolute Gasteiger partial charge is 0.370 e. The molecule has 2 nitrogen and oxygen atoms in total. The van der Waals surface area contributed by atoms with Crippen molar-refractivity contribution < 1.29 is 0 Å². The average Bonchev–Trinajstić information content (AvgIpc) is 2.76. The summed E-state index contributed by atoms with van der Waals surface area (Å²) in [4.78, 5) is 5.13. The van der Waals surface area contributed by atoms with E-state index in [1.54, 1.807) is 0 Å². The molecule has 0 N–H and O–H groups in total. The van der Waals surface area contributed by atoms with Gasteiger partial charge in [-0.1, -0.05) is 17.7 Å². The van der Waals surface area contributed by atoms with Crippen LogP contribution in [0, 0.1) is 0 Å². The zero-order valence-corrected chi connectivity index (χ0v) is 12.6. The van der Waals surface area contributed by atoms with Gasteiger partial charge in [0, 0.05) is 42.3 Å². The van der Waals surface area contributed by atoms with Gasteiger partial charge in [-0.25, -0.2) is 0 Å². The fraction of sp³-hybridized carbons (Fsp3) is 0.600. The molecule has 2 fully saturated rings. The van der Waals surface area contributed by atoms with Crippen molar-refractivity contribution in [3.05, 3.63) is 28.8 Å². The molecule has 19 heavy (non-hydrogen) atoms. The number of halogens is 2. The van der Waals surface area contributed by atoms with Crippen molar-refractivity contribution in [3.63, 3.8) is 0 Å². The molecule has 3 rings (SSSR count). The third-order valence-corrected chi connectivity index (χ3v) is 4.86. The second-order valence-corrected chi connectivity index (χ2v) is 6.24. The van der Waals surface area contributed by atoms with Gasteiger partial charge in [0.15, 0.2) is 0 Å². The maximum Gasteiger partial charge on any atom is 0.0494 e. The van der Waals surface area contributed by atoms with Gasteiger partial charge >= 0.3 is 0 Å². The Balaban J connectivity index is 1.86. The first-order chi connectivity index (χ1) is 9.28. The van der Waals surface area contributed by atoms with Gasteiger partial charge in [-0.2, -0.15) is 0 Å². The molecular weight excluding hydrogens is 279 g/mol. The highest BCUT2D eigenvalue weighted by Crippen LogP contribution is 2.30. The molecule has 2 saturated heterocycles. The van der Waals surface area contributed by atoms with Gasteiger partial charge in [0.25, 0.3) is 0 Å².